The Balaban J connectivity index is 1.46. The zero-order valence-electron chi connectivity index (χ0n) is 19.7. The summed E-state index contributed by atoms with van der Waals surface area (Å²) in [5.41, 5.74) is 1.66. The van der Waals surface area contributed by atoms with E-state index in [2.05, 4.69) is 27.7 Å². The highest BCUT2D eigenvalue weighted by Crippen LogP contribution is 2.66. The van der Waals surface area contributed by atoms with Crippen molar-refractivity contribution in [1.82, 2.24) is 0 Å². The number of allylic oxidation sites excluding steroid dienone is 2. The summed E-state index contributed by atoms with van der Waals surface area (Å²) >= 11 is 0. The van der Waals surface area contributed by atoms with E-state index in [1.165, 1.54) is 44.1 Å². The number of carbonyl (C=O) groups is 2. The largest absolute Gasteiger partial charge is 0.462 e. The number of unbranched alkanes of at least 4 members (excludes halogenated alkanes) is 3. The summed E-state index contributed by atoms with van der Waals surface area (Å²) in [6, 6.07) is 0. The van der Waals surface area contributed by atoms with E-state index in [1.807, 2.05) is 6.08 Å². The molecule has 7 atom stereocenters. The average Bonchev–Trinajstić information content (AvgIpc) is 3.03. The first-order chi connectivity index (χ1) is 14.3. The Kier molecular flexibility index (Phi) is 6.21. The van der Waals surface area contributed by atoms with Crippen molar-refractivity contribution in [2.24, 2.45) is 34.5 Å². The number of rotatable bonds is 6. The molecule has 3 unspecified atom stereocenters. The third-order valence-electron chi connectivity index (χ3n) is 10.00. The fourth-order valence-electron chi connectivity index (χ4n) is 8.12. The van der Waals surface area contributed by atoms with Gasteiger partial charge in [0.15, 0.2) is 5.78 Å². The van der Waals surface area contributed by atoms with Gasteiger partial charge in [-0.05, 0) is 87.0 Å². The standard InChI is InChI=1S/C27H42O3/c1-5-6-7-8-9-25(29)30-24-13-12-22-21-11-10-19-17-20(28)16-18(2)27(19,4)23(21)14-15-26(22,24)3/h16,19,21-24H,5-15,17H2,1-4H3/t19-,21?,22?,23?,24-,26-,27-/m0/s1. The highest BCUT2D eigenvalue weighted by Gasteiger charge is 2.61. The number of hydrogen-bond acceptors (Lipinski definition) is 3. The Hall–Kier alpha value is -1.12. The molecule has 0 N–H and O–H groups in total. The molecule has 3 nitrogen and oxygen atoms in total. The molecule has 0 aliphatic heterocycles. The Bertz CT molecular complexity index is 709. The van der Waals surface area contributed by atoms with Crippen LogP contribution in [0.15, 0.2) is 11.6 Å². The van der Waals surface area contributed by atoms with Crippen molar-refractivity contribution >= 4 is 11.8 Å². The van der Waals surface area contributed by atoms with Gasteiger partial charge in [0.1, 0.15) is 6.10 Å². The van der Waals surface area contributed by atoms with Crippen molar-refractivity contribution in [3.63, 3.8) is 0 Å². The van der Waals surface area contributed by atoms with E-state index < -0.39 is 0 Å². The van der Waals surface area contributed by atoms with Crippen LogP contribution in [-0.4, -0.2) is 17.9 Å². The number of carbonyl (C=O) groups excluding carboxylic acids is 2. The van der Waals surface area contributed by atoms with Gasteiger partial charge in [-0.1, -0.05) is 45.6 Å². The second kappa shape index (κ2) is 8.43. The summed E-state index contributed by atoms with van der Waals surface area (Å²) in [6.07, 6.45) is 15.0. The van der Waals surface area contributed by atoms with Crippen LogP contribution in [0.5, 0.6) is 0 Å². The van der Waals surface area contributed by atoms with Gasteiger partial charge in [0, 0.05) is 18.3 Å². The lowest BCUT2D eigenvalue weighted by Crippen LogP contribution is -2.54. The Labute approximate surface area is 183 Å². The van der Waals surface area contributed by atoms with Crippen LogP contribution >= 0.6 is 0 Å². The second-order valence-electron chi connectivity index (χ2n) is 11.3. The molecule has 0 spiro atoms. The summed E-state index contributed by atoms with van der Waals surface area (Å²) < 4.78 is 6.12. The molecule has 0 aromatic heterocycles. The first kappa shape index (κ1) is 22.1. The van der Waals surface area contributed by atoms with Gasteiger partial charge >= 0.3 is 5.97 Å². The molecular weight excluding hydrogens is 372 g/mol. The minimum absolute atomic E-state index is 0.0281. The molecular formula is C27H42O3. The number of fused-ring (bicyclic) bond motifs is 5. The third-order valence-corrected chi connectivity index (χ3v) is 10.00. The topological polar surface area (TPSA) is 43.4 Å². The lowest BCUT2D eigenvalue weighted by molar-refractivity contribution is -0.161. The van der Waals surface area contributed by atoms with Crippen LogP contribution in [0.3, 0.4) is 0 Å². The van der Waals surface area contributed by atoms with Gasteiger partial charge in [-0.25, -0.2) is 0 Å². The van der Waals surface area contributed by atoms with Crippen LogP contribution in [0.1, 0.15) is 105 Å². The number of hydrogen-bond donors (Lipinski definition) is 0. The van der Waals surface area contributed by atoms with Crippen LogP contribution in [0, 0.1) is 34.5 Å². The van der Waals surface area contributed by atoms with Gasteiger partial charge in [-0.3, -0.25) is 9.59 Å². The van der Waals surface area contributed by atoms with Gasteiger partial charge in [-0.2, -0.15) is 0 Å². The van der Waals surface area contributed by atoms with Gasteiger partial charge in [-0.15, -0.1) is 0 Å². The normalized spacial score (nSPS) is 42.7. The Morgan fingerprint density at radius 1 is 1.07 bits per heavy atom. The average molecular weight is 415 g/mol. The van der Waals surface area contributed by atoms with Crippen molar-refractivity contribution in [3.05, 3.63) is 11.6 Å². The van der Waals surface area contributed by atoms with Crippen LogP contribution < -0.4 is 0 Å². The molecule has 3 saturated carbocycles. The van der Waals surface area contributed by atoms with Crippen LogP contribution in [-0.2, 0) is 14.3 Å². The lowest BCUT2D eigenvalue weighted by atomic mass is 9.45. The van der Waals surface area contributed by atoms with Crippen molar-refractivity contribution in [2.45, 2.75) is 111 Å². The fraction of sp³-hybridized carbons (Fsp3) is 0.852. The van der Waals surface area contributed by atoms with E-state index in [4.69, 9.17) is 4.74 Å². The number of esters is 1. The molecule has 0 aromatic carbocycles. The maximum atomic E-state index is 12.5. The first-order valence-electron chi connectivity index (χ1n) is 12.7. The predicted octanol–water partition coefficient (Wildman–Crippen LogP) is 6.65. The Morgan fingerprint density at radius 3 is 2.63 bits per heavy atom. The molecule has 0 heterocycles. The molecule has 4 aliphatic rings. The minimum Gasteiger partial charge on any atom is -0.462 e. The van der Waals surface area contributed by atoms with Gasteiger partial charge in [0.2, 0.25) is 0 Å². The molecule has 30 heavy (non-hydrogen) atoms. The smallest absolute Gasteiger partial charge is 0.306 e. The van der Waals surface area contributed by atoms with E-state index in [-0.39, 0.29) is 22.9 Å². The van der Waals surface area contributed by atoms with Crippen molar-refractivity contribution in [3.8, 4) is 0 Å². The van der Waals surface area contributed by atoms with Crippen molar-refractivity contribution < 1.29 is 14.3 Å². The van der Waals surface area contributed by atoms with E-state index in [0.717, 1.165) is 38.0 Å². The Morgan fingerprint density at radius 2 is 1.87 bits per heavy atom. The van der Waals surface area contributed by atoms with Gasteiger partial charge in [0.05, 0.1) is 0 Å². The molecule has 3 heteroatoms. The molecule has 4 aliphatic carbocycles. The highest BCUT2D eigenvalue weighted by atomic mass is 16.5. The van der Waals surface area contributed by atoms with E-state index in [1.54, 1.807) is 0 Å². The van der Waals surface area contributed by atoms with Gasteiger partial charge < -0.3 is 4.74 Å². The summed E-state index contributed by atoms with van der Waals surface area (Å²) in [5, 5.41) is 0. The van der Waals surface area contributed by atoms with E-state index >= 15 is 0 Å². The highest BCUT2D eigenvalue weighted by molar-refractivity contribution is 5.91. The molecule has 0 amide bonds. The maximum absolute atomic E-state index is 12.5. The first-order valence-corrected chi connectivity index (χ1v) is 12.7. The summed E-state index contributed by atoms with van der Waals surface area (Å²) in [7, 11) is 0. The predicted molar refractivity (Wildman–Crippen MR) is 120 cm³/mol. The monoisotopic (exact) mass is 414 g/mol. The van der Waals surface area contributed by atoms with E-state index in [9.17, 15) is 9.59 Å². The molecule has 3 fully saturated rings. The maximum Gasteiger partial charge on any atom is 0.306 e. The molecule has 4 rings (SSSR count). The molecule has 0 saturated heterocycles. The minimum atomic E-state index is 0.0281. The fourth-order valence-corrected chi connectivity index (χ4v) is 8.12. The zero-order chi connectivity index (χ0) is 21.5. The number of ether oxygens (including phenoxy) is 1. The van der Waals surface area contributed by atoms with E-state index in [0.29, 0.717) is 30.0 Å². The quantitative estimate of drug-likeness (QED) is 0.361. The lowest BCUT2D eigenvalue weighted by Gasteiger charge is -2.60. The van der Waals surface area contributed by atoms with Crippen LogP contribution in [0.4, 0.5) is 0 Å². The molecule has 168 valence electrons. The molecule has 0 bridgehead atoms. The SMILES string of the molecule is CCCCCCC(=O)O[C@H]1CCC2C3CC[C@H]4CC(=O)C=C(C)[C@]4(C)C3CC[C@@]21C. The zero-order valence-corrected chi connectivity index (χ0v) is 19.7. The summed E-state index contributed by atoms with van der Waals surface area (Å²) in [4.78, 5) is 24.7. The van der Waals surface area contributed by atoms with Crippen molar-refractivity contribution in [2.75, 3.05) is 0 Å². The van der Waals surface area contributed by atoms with Crippen molar-refractivity contribution in [1.29, 1.82) is 0 Å². The summed E-state index contributed by atoms with van der Waals surface area (Å²) in [5.74, 6) is 2.95. The van der Waals surface area contributed by atoms with Crippen LogP contribution in [0.2, 0.25) is 0 Å². The molecule has 0 aromatic rings. The summed E-state index contributed by atoms with van der Waals surface area (Å²) in [6.45, 7) is 9.28. The van der Waals surface area contributed by atoms with Crippen LogP contribution in [0.25, 0.3) is 0 Å². The molecule has 0 radical (unpaired) electrons. The number of ketones is 1. The third kappa shape index (κ3) is 3.58. The van der Waals surface area contributed by atoms with Gasteiger partial charge in [0.25, 0.3) is 0 Å². The second-order valence-corrected chi connectivity index (χ2v) is 11.3.